The second-order valence-electron chi connectivity index (χ2n) is 6.64. The number of anilines is 1. The lowest BCUT2D eigenvalue weighted by Crippen LogP contribution is -2.50. The zero-order chi connectivity index (χ0) is 20.9. The number of hydrogen-bond acceptors (Lipinski definition) is 5. The van der Waals surface area contributed by atoms with Gasteiger partial charge in [0.1, 0.15) is 5.75 Å². The minimum absolute atomic E-state index is 0.0698. The van der Waals surface area contributed by atoms with Crippen molar-refractivity contribution in [1.82, 2.24) is 9.62 Å². The van der Waals surface area contributed by atoms with Crippen LogP contribution in [0.25, 0.3) is 0 Å². The van der Waals surface area contributed by atoms with Crippen molar-refractivity contribution in [3.8, 4) is 5.75 Å². The highest BCUT2D eigenvalue weighted by Gasteiger charge is 2.27. The molecule has 0 radical (unpaired) electrons. The number of amides is 1. The maximum Gasteiger partial charge on any atom is 0.251 e. The van der Waals surface area contributed by atoms with E-state index < -0.39 is 10.0 Å². The van der Waals surface area contributed by atoms with E-state index in [1.54, 1.807) is 25.3 Å². The van der Waals surface area contributed by atoms with Gasteiger partial charge in [-0.05, 0) is 30.3 Å². The zero-order valence-corrected chi connectivity index (χ0v) is 18.6. The maximum atomic E-state index is 12.6. The number of para-hydroxylation sites is 2. The van der Waals surface area contributed by atoms with Crippen LogP contribution in [0.4, 0.5) is 5.69 Å². The van der Waals surface area contributed by atoms with Crippen molar-refractivity contribution >= 4 is 37.5 Å². The van der Waals surface area contributed by atoms with E-state index in [9.17, 15) is 13.2 Å². The molecule has 3 rings (SSSR count). The number of methoxy groups -OCH3 is 1. The summed E-state index contributed by atoms with van der Waals surface area (Å²) in [5, 5.41) is 2.68. The van der Waals surface area contributed by atoms with Gasteiger partial charge in [0.25, 0.3) is 5.91 Å². The quantitative estimate of drug-likeness (QED) is 0.656. The van der Waals surface area contributed by atoms with Crippen molar-refractivity contribution in [3.63, 3.8) is 0 Å². The number of hydrogen-bond donors (Lipinski definition) is 1. The summed E-state index contributed by atoms with van der Waals surface area (Å²) in [5.74, 6) is 0.364. The first kappa shape index (κ1) is 21.6. The van der Waals surface area contributed by atoms with E-state index in [1.165, 1.54) is 4.31 Å². The average Bonchev–Trinajstić information content (AvgIpc) is 2.73. The monoisotopic (exact) mass is 481 g/mol. The molecule has 29 heavy (non-hydrogen) atoms. The number of piperazine rings is 1. The van der Waals surface area contributed by atoms with Gasteiger partial charge in [0.15, 0.2) is 0 Å². The van der Waals surface area contributed by atoms with E-state index in [4.69, 9.17) is 4.74 Å². The summed E-state index contributed by atoms with van der Waals surface area (Å²) in [6, 6.07) is 14.7. The fraction of sp³-hybridized carbons (Fsp3) is 0.350. The Morgan fingerprint density at radius 2 is 1.83 bits per heavy atom. The van der Waals surface area contributed by atoms with Crippen molar-refractivity contribution < 1.29 is 17.9 Å². The average molecular weight is 482 g/mol. The minimum atomic E-state index is -3.44. The molecule has 7 nitrogen and oxygen atoms in total. The van der Waals surface area contributed by atoms with Crippen molar-refractivity contribution in [2.45, 2.75) is 0 Å². The van der Waals surface area contributed by atoms with Gasteiger partial charge in [-0.1, -0.05) is 34.1 Å². The Kier molecular flexibility index (Phi) is 7.15. The van der Waals surface area contributed by atoms with Crippen molar-refractivity contribution in [2.24, 2.45) is 0 Å². The molecular weight excluding hydrogens is 458 g/mol. The second kappa shape index (κ2) is 9.60. The van der Waals surface area contributed by atoms with Crippen LogP contribution >= 0.6 is 15.9 Å². The number of nitrogens with one attached hydrogen (secondary N) is 1. The maximum absolute atomic E-state index is 12.6. The first-order chi connectivity index (χ1) is 13.9. The minimum Gasteiger partial charge on any atom is -0.495 e. The third-order valence-electron chi connectivity index (χ3n) is 4.79. The molecule has 2 aromatic carbocycles. The van der Waals surface area contributed by atoms with E-state index in [0.717, 1.165) is 15.9 Å². The predicted octanol–water partition coefficient (Wildman–Crippen LogP) is 2.34. The lowest BCUT2D eigenvalue weighted by atomic mass is 10.2. The Morgan fingerprint density at radius 1 is 1.10 bits per heavy atom. The highest BCUT2D eigenvalue weighted by Crippen LogP contribution is 2.28. The van der Waals surface area contributed by atoms with Gasteiger partial charge in [-0.2, -0.15) is 4.31 Å². The summed E-state index contributed by atoms with van der Waals surface area (Å²) >= 11 is 3.32. The number of ether oxygens (including phenoxy) is 1. The predicted molar refractivity (Wildman–Crippen MR) is 117 cm³/mol. The van der Waals surface area contributed by atoms with Crippen LogP contribution in [0.3, 0.4) is 0 Å². The second-order valence-corrected chi connectivity index (χ2v) is 9.64. The lowest BCUT2D eigenvalue weighted by Gasteiger charge is -2.36. The van der Waals surface area contributed by atoms with Gasteiger partial charge >= 0.3 is 0 Å². The summed E-state index contributed by atoms with van der Waals surface area (Å²) in [7, 11) is -1.81. The Bertz CT molecular complexity index is 960. The van der Waals surface area contributed by atoms with Crippen LogP contribution in [0.5, 0.6) is 5.75 Å². The summed E-state index contributed by atoms with van der Waals surface area (Å²) in [6.07, 6.45) is 0. The smallest absolute Gasteiger partial charge is 0.251 e. The van der Waals surface area contributed by atoms with Gasteiger partial charge in [0.2, 0.25) is 10.0 Å². The van der Waals surface area contributed by atoms with E-state index in [-0.39, 0.29) is 18.2 Å². The Balaban J connectivity index is 1.51. The molecule has 1 saturated heterocycles. The molecule has 1 heterocycles. The molecule has 1 aliphatic rings. The first-order valence-corrected chi connectivity index (χ1v) is 11.7. The van der Waals surface area contributed by atoms with E-state index >= 15 is 0 Å². The molecule has 2 aromatic rings. The summed E-state index contributed by atoms with van der Waals surface area (Å²) in [6.45, 7) is 2.05. The first-order valence-electron chi connectivity index (χ1n) is 9.30. The molecule has 156 valence electrons. The molecule has 1 fully saturated rings. The molecule has 0 saturated carbocycles. The van der Waals surface area contributed by atoms with Crippen LogP contribution in [-0.4, -0.2) is 64.2 Å². The number of carbonyl (C=O) groups excluding carboxylic acids is 1. The Labute approximate surface area is 179 Å². The number of sulfonamides is 1. The van der Waals surface area contributed by atoms with Crippen molar-refractivity contribution in [3.05, 3.63) is 58.6 Å². The number of benzene rings is 2. The molecular formula is C20H24BrN3O4S. The molecule has 1 amide bonds. The largest absolute Gasteiger partial charge is 0.495 e. The van der Waals surface area contributed by atoms with E-state index in [2.05, 4.69) is 26.1 Å². The molecule has 0 aliphatic carbocycles. The third-order valence-corrected chi connectivity index (χ3v) is 7.16. The third kappa shape index (κ3) is 5.49. The molecule has 0 spiro atoms. The van der Waals surface area contributed by atoms with Gasteiger partial charge in [0.05, 0.1) is 18.6 Å². The van der Waals surface area contributed by atoms with Crippen LogP contribution in [0.15, 0.2) is 53.0 Å². The number of nitrogens with zero attached hydrogens (tertiary/aromatic N) is 2. The number of carbonyl (C=O) groups is 1. The molecule has 1 aliphatic heterocycles. The van der Waals surface area contributed by atoms with Crippen molar-refractivity contribution in [1.29, 1.82) is 0 Å². The molecule has 0 aromatic heterocycles. The standard InChI is InChI=1S/C20H24BrN3O4S/c1-28-19-8-3-2-7-18(19)23-10-12-24(13-11-23)29(26,27)14-9-22-20(25)16-5-4-6-17(21)15-16/h2-8,15H,9-14H2,1H3,(H,22,25). The van der Waals surface area contributed by atoms with E-state index in [1.807, 2.05) is 30.3 Å². The topological polar surface area (TPSA) is 79.0 Å². The van der Waals surface area contributed by atoms with Gasteiger partial charge in [0, 0.05) is 42.8 Å². The highest BCUT2D eigenvalue weighted by molar-refractivity contribution is 9.10. The van der Waals surface area contributed by atoms with Crippen LogP contribution in [0.1, 0.15) is 10.4 Å². The highest BCUT2D eigenvalue weighted by atomic mass is 79.9. The molecule has 0 unspecified atom stereocenters. The lowest BCUT2D eigenvalue weighted by molar-refractivity contribution is 0.0956. The molecule has 0 atom stereocenters. The van der Waals surface area contributed by atoms with Gasteiger partial charge < -0.3 is 15.0 Å². The number of halogens is 1. The summed E-state index contributed by atoms with van der Waals surface area (Å²) < 4.78 is 33.0. The van der Waals surface area contributed by atoms with Crippen LogP contribution in [-0.2, 0) is 10.0 Å². The van der Waals surface area contributed by atoms with Crippen molar-refractivity contribution in [2.75, 3.05) is 50.5 Å². The summed E-state index contributed by atoms with van der Waals surface area (Å²) in [5.41, 5.74) is 1.45. The Hall–Kier alpha value is -2.10. The fourth-order valence-corrected chi connectivity index (χ4v) is 4.99. The fourth-order valence-electron chi connectivity index (χ4n) is 3.25. The molecule has 1 N–H and O–H groups in total. The molecule has 0 bridgehead atoms. The number of rotatable bonds is 7. The SMILES string of the molecule is COc1ccccc1N1CCN(S(=O)(=O)CCNC(=O)c2cccc(Br)c2)CC1. The van der Waals surface area contributed by atoms with Gasteiger partial charge in [-0.3, -0.25) is 4.79 Å². The van der Waals surface area contributed by atoms with E-state index in [0.29, 0.717) is 31.7 Å². The van der Waals surface area contributed by atoms with Crippen LogP contribution < -0.4 is 15.0 Å². The van der Waals surface area contributed by atoms with Crippen LogP contribution in [0.2, 0.25) is 0 Å². The van der Waals surface area contributed by atoms with Crippen LogP contribution in [0, 0.1) is 0 Å². The molecule has 9 heteroatoms. The zero-order valence-electron chi connectivity index (χ0n) is 16.2. The normalized spacial score (nSPS) is 15.2. The Morgan fingerprint density at radius 3 is 2.52 bits per heavy atom. The van der Waals surface area contributed by atoms with Gasteiger partial charge in [-0.15, -0.1) is 0 Å². The summed E-state index contributed by atoms with van der Waals surface area (Å²) in [4.78, 5) is 14.3. The van der Waals surface area contributed by atoms with Gasteiger partial charge in [-0.25, -0.2) is 8.42 Å².